The molecule has 1 aromatic carbocycles. The lowest BCUT2D eigenvalue weighted by Gasteiger charge is -2.26. The molecule has 1 fully saturated rings. The average molecular weight is 436 g/mol. The minimum atomic E-state index is -5.08. The van der Waals surface area contributed by atoms with Gasteiger partial charge in [0, 0.05) is 36.8 Å². The normalized spacial score (nSPS) is 16.3. The number of likely N-dealkylation sites (tertiary alicyclic amines) is 1. The Morgan fingerprint density at radius 1 is 1.34 bits per heavy atom. The molecular weight excluding hydrogens is 418 g/mol. The number of halogens is 5. The molecular formula is C18H18ClF4N3O3. The zero-order valence-electron chi connectivity index (χ0n) is 15.0. The second-order valence-corrected chi connectivity index (χ2v) is 6.66. The van der Waals surface area contributed by atoms with E-state index in [0.717, 1.165) is 18.7 Å². The van der Waals surface area contributed by atoms with Crippen molar-refractivity contribution >= 4 is 23.5 Å². The van der Waals surface area contributed by atoms with Crippen LogP contribution in [0.1, 0.15) is 36.7 Å². The quantitative estimate of drug-likeness (QED) is 0.707. The summed E-state index contributed by atoms with van der Waals surface area (Å²) in [4.78, 5) is 30.3. The third-order valence-electron chi connectivity index (χ3n) is 4.26. The van der Waals surface area contributed by atoms with Gasteiger partial charge in [-0.1, -0.05) is 11.6 Å². The number of rotatable bonds is 4. The lowest BCUT2D eigenvalue weighted by atomic mass is 10.0. The SMILES string of the molecule is O=C(CCc1ncc[nH]1)N1CCCC1c1cc(F)ccc1Cl.O=C(O)C(F)(F)F. The number of carboxylic acids is 1. The number of H-pyrrole nitrogens is 1. The van der Waals surface area contributed by atoms with Crippen LogP contribution in [0.25, 0.3) is 0 Å². The summed E-state index contributed by atoms with van der Waals surface area (Å²) in [5.74, 6) is -2.23. The van der Waals surface area contributed by atoms with E-state index in [-0.39, 0.29) is 17.8 Å². The largest absolute Gasteiger partial charge is 0.490 e. The zero-order chi connectivity index (χ0) is 21.6. The van der Waals surface area contributed by atoms with Crippen molar-refractivity contribution in [2.24, 2.45) is 0 Å². The van der Waals surface area contributed by atoms with Crippen LogP contribution >= 0.6 is 11.6 Å². The van der Waals surface area contributed by atoms with Crippen LogP contribution in [0.2, 0.25) is 5.02 Å². The number of nitrogens with one attached hydrogen (secondary N) is 1. The lowest BCUT2D eigenvalue weighted by molar-refractivity contribution is -0.192. The average Bonchev–Trinajstić information content (AvgIpc) is 3.33. The van der Waals surface area contributed by atoms with E-state index in [2.05, 4.69) is 9.97 Å². The number of alkyl halides is 3. The summed E-state index contributed by atoms with van der Waals surface area (Å²) in [6.45, 7) is 0.689. The summed E-state index contributed by atoms with van der Waals surface area (Å²) in [5, 5.41) is 7.64. The Hall–Kier alpha value is -2.62. The van der Waals surface area contributed by atoms with Crippen molar-refractivity contribution in [3.05, 3.63) is 52.8 Å². The number of carboxylic acid groups (broad SMARTS) is 1. The molecule has 2 heterocycles. The molecule has 11 heteroatoms. The van der Waals surface area contributed by atoms with Gasteiger partial charge in [0.15, 0.2) is 0 Å². The van der Waals surface area contributed by atoms with Gasteiger partial charge in [-0.15, -0.1) is 0 Å². The molecule has 0 saturated carbocycles. The minimum absolute atomic E-state index is 0.0548. The second-order valence-electron chi connectivity index (χ2n) is 6.25. The van der Waals surface area contributed by atoms with E-state index in [9.17, 15) is 22.4 Å². The molecule has 1 aliphatic heterocycles. The van der Waals surface area contributed by atoms with Crippen molar-refractivity contribution in [3.8, 4) is 0 Å². The van der Waals surface area contributed by atoms with Gasteiger partial charge in [0.25, 0.3) is 0 Å². The molecule has 29 heavy (non-hydrogen) atoms. The van der Waals surface area contributed by atoms with Crippen molar-refractivity contribution in [1.82, 2.24) is 14.9 Å². The molecule has 1 atom stereocenters. The van der Waals surface area contributed by atoms with Gasteiger partial charge >= 0.3 is 12.1 Å². The number of imidazole rings is 1. The second kappa shape index (κ2) is 9.73. The van der Waals surface area contributed by atoms with Crippen LogP contribution in [0.15, 0.2) is 30.6 Å². The number of aromatic amines is 1. The smallest absolute Gasteiger partial charge is 0.475 e. The number of carbonyl (C=O) groups is 2. The van der Waals surface area contributed by atoms with Crippen LogP contribution in [-0.4, -0.2) is 44.6 Å². The highest BCUT2D eigenvalue weighted by molar-refractivity contribution is 6.31. The number of hydrogen-bond donors (Lipinski definition) is 2. The van der Waals surface area contributed by atoms with E-state index < -0.39 is 12.1 Å². The van der Waals surface area contributed by atoms with Gasteiger partial charge in [-0.05, 0) is 36.6 Å². The monoisotopic (exact) mass is 435 g/mol. The first-order valence-electron chi connectivity index (χ1n) is 8.62. The Kier molecular flexibility index (Phi) is 7.60. The number of aryl methyl sites for hydroxylation is 1. The fourth-order valence-electron chi connectivity index (χ4n) is 2.96. The van der Waals surface area contributed by atoms with Crippen molar-refractivity contribution in [2.45, 2.75) is 37.9 Å². The van der Waals surface area contributed by atoms with E-state index in [1.54, 1.807) is 18.5 Å². The maximum atomic E-state index is 13.5. The summed E-state index contributed by atoms with van der Waals surface area (Å²) >= 11 is 6.18. The highest BCUT2D eigenvalue weighted by Gasteiger charge is 2.38. The summed E-state index contributed by atoms with van der Waals surface area (Å²) < 4.78 is 45.2. The van der Waals surface area contributed by atoms with Crippen LogP contribution in [0.5, 0.6) is 0 Å². The van der Waals surface area contributed by atoms with Crippen LogP contribution in [0, 0.1) is 5.82 Å². The molecule has 1 aromatic heterocycles. The Morgan fingerprint density at radius 3 is 2.62 bits per heavy atom. The first-order valence-corrected chi connectivity index (χ1v) is 9.00. The number of aromatic nitrogens is 2. The standard InChI is InChI=1S/C16H17ClFN3O.C2HF3O2/c17-13-4-3-11(18)10-12(13)14-2-1-9-21(14)16(22)6-5-15-19-7-8-20-15;3-2(4,5)1(6)7/h3-4,7-8,10,14H,1-2,5-6,9H2,(H,19,20);(H,6,7). The van der Waals surface area contributed by atoms with Crippen molar-refractivity contribution in [2.75, 3.05) is 6.54 Å². The first kappa shape index (κ1) is 22.7. The van der Waals surface area contributed by atoms with E-state index in [1.807, 2.05) is 4.90 Å². The third kappa shape index (κ3) is 6.45. The number of benzene rings is 1. The van der Waals surface area contributed by atoms with Crippen LogP contribution in [0.3, 0.4) is 0 Å². The predicted octanol–water partition coefficient (Wildman–Crippen LogP) is 4.13. The van der Waals surface area contributed by atoms with Gasteiger partial charge in [0.2, 0.25) is 5.91 Å². The molecule has 1 aliphatic rings. The molecule has 0 radical (unpaired) electrons. The Balaban J connectivity index is 0.000000370. The number of carbonyl (C=O) groups excluding carboxylic acids is 1. The van der Waals surface area contributed by atoms with Crippen molar-refractivity contribution in [3.63, 3.8) is 0 Å². The molecule has 1 unspecified atom stereocenters. The topological polar surface area (TPSA) is 86.3 Å². The first-order chi connectivity index (χ1) is 13.6. The van der Waals surface area contributed by atoms with Gasteiger partial charge in [-0.25, -0.2) is 14.2 Å². The number of nitrogens with zero attached hydrogens (tertiary/aromatic N) is 2. The van der Waals surface area contributed by atoms with Crippen molar-refractivity contribution in [1.29, 1.82) is 0 Å². The molecule has 2 N–H and O–H groups in total. The number of amides is 1. The fraction of sp³-hybridized carbons (Fsp3) is 0.389. The van der Waals surface area contributed by atoms with Gasteiger partial charge in [-0.2, -0.15) is 13.2 Å². The summed E-state index contributed by atoms with van der Waals surface area (Å²) in [6, 6.07) is 4.19. The zero-order valence-corrected chi connectivity index (χ0v) is 15.8. The van der Waals surface area contributed by atoms with Crippen LogP contribution < -0.4 is 0 Å². The fourth-order valence-corrected chi connectivity index (χ4v) is 3.21. The molecule has 0 bridgehead atoms. The van der Waals surface area contributed by atoms with E-state index in [0.29, 0.717) is 30.0 Å². The maximum absolute atomic E-state index is 13.5. The van der Waals surface area contributed by atoms with Gasteiger partial charge in [0.1, 0.15) is 11.6 Å². The van der Waals surface area contributed by atoms with Gasteiger partial charge < -0.3 is 15.0 Å². The lowest BCUT2D eigenvalue weighted by Crippen LogP contribution is -2.31. The van der Waals surface area contributed by atoms with Gasteiger partial charge in [-0.3, -0.25) is 4.79 Å². The summed E-state index contributed by atoms with van der Waals surface area (Å²) in [7, 11) is 0. The van der Waals surface area contributed by atoms with E-state index in [4.69, 9.17) is 21.5 Å². The Labute approximate surface area is 168 Å². The maximum Gasteiger partial charge on any atom is 0.490 e. The molecule has 6 nitrogen and oxygen atoms in total. The predicted molar refractivity (Wildman–Crippen MR) is 95.7 cm³/mol. The van der Waals surface area contributed by atoms with Crippen LogP contribution in [-0.2, 0) is 16.0 Å². The molecule has 1 amide bonds. The molecule has 3 rings (SSSR count). The molecule has 1 saturated heterocycles. The Morgan fingerprint density at radius 2 is 2.03 bits per heavy atom. The molecule has 158 valence electrons. The number of aliphatic carboxylic acids is 1. The highest BCUT2D eigenvalue weighted by Crippen LogP contribution is 2.36. The summed E-state index contributed by atoms with van der Waals surface area (Å²) in [5.41, 5.74) is 0.700. The number of hydrogen-bond acceptors (Lipinski definition) is 3. The third-order valence-corrected chi connectivity index (χ3v) is 4.61. The molecule has 0 aliphatic carbocycles. The van der Waals surface area contributed by atoms with E-state index >= 15 is 0 Å². The Bertz CT molecular complexity index is 843. The molecule has 2 aromatic rings. The van der Waals surface area contributed by atoms with Crippen molar-refractivity contribution < 1.29 is 32.3 Å². The molecule has 0 spiro atoms. The van der Waals surface area contributed by atoms with Crippen LogP contribution in [0.4, 0.5) is 17.6 Å². The highest BCUT2D eigenvalue weighted by atomic mass is 35.5. The summed E-state index contributed by atoms with van der Waals surface area (Å²) in [6.07, 6.45) is 1.01. The van der Waals surface area contributed by atoms with E-state index in [1.165, 1.54) is 12.1 Å². The van der Waals surface area contributed by atoms with Gasteiger partial charge in [0.05, 0.1) is 6.04 Å². The minimum Gasteiger partial charge on any atom is -0.475 e.